The molecular weight excluding hydrogens is 378 g/mol. The van der Waals surface area contributed by atoms with E-state index in [0.717, 1.165) is 22.9 Å². The predicted octanol–water partition coefficient (Wildman–Crippen LogP) is 2.86. The second-order valence-corrected chi connectivity index (χ2v) is 8.75. The van der Waals surface area contributed by atoms with Crippen molar-refractivity contribution in [1.29, 1.82) is 0 Å². The molecule has 1 amide bonds. The summed E-state index contributed by atoms with van der Waals surface area (Å²) in [4.78, 5) is 12.4. The molecule has 0 bridgehead atoms. The third-order valence-electron chi connectivity index (χ3n) is 4.36. The van der Waals surface area contributed by atoms with Crippen molar-refractivity contribution in [2.24, 2.45) is 0 Å². The zero-order valence-electron chi connectivity index (χ0n) is 15.9. The number of hydrogen-bond donors (Lipinski definition) is 1. The number of aromatic nitrogens is 2. The largest absolute Gasteiger partial charge is 0.407 e. The number of rotatable bonds is 6. The highest BCUT2D eigenvalue weighted by Crippen LogP contribution is 2.15. The van der Waals surface area contributed by atoms with Gasteiger partial charge in [0.25, 0.3) is 0 Å². The molecule has 0 aliphatic carbocycles. The number of amides is 1. The van der Waals surface area contributed by atoms with Crippen molar-refractivity contribution in [3.05, 3.63) is 70.6 Å². The zero-order valence-corrected chi connectivity index (χ0v) is 16.7. The van der Waals surface area contributed by atoms with E-state index in [0.29, 0.717) is 12.3 Å². The minimum atomic E-state index is -3.23. The Balaban J connectivity index is 1.60. The summed E-state index contributed by atoms with van der Waals surface area (Å²) >= 11 is 0. The number of benzene rings is 2. The Bertz CT molecular complexity index is 1100. The first-order chi connectivity index (χ1) is 13.2. The average molecular weight is 399 g/mol. The molecule has 0 aliphatic rings. The van der Waals surface area contributed by atoms with E-state index in [2.05, 4.69) is 15.5 Å². The van der Waals surface area contributed by atoms with E-state index in [-0.39, 0.29) is 23.2 Å². The van der Waals surface area contributed by atoms with Crippen LogP contribution in [0, 0.1) is 13.8 Å². The quantitative estimate of drug-likeness (QED) is 0.684. The highest BCUT2D eigenvalue weighted by atomic mass is 32.2. The molecule has 0 radical (unpaired) electrons. The standard InChI is InChI=1S/C20H21N3O4S/c1-13-4-5-16(10-14(13)2)11-18(24)21-20-23-22-19(27-20)12-15-6-8-17(9-7-15)28(3,25)26/h4-10H,11-12H2,1-3H3,(H,21,23,24). The van der Waals surface area contributed by atoms with Crippen LogP contribution in [0.15, 0.2) is 51.8 Å². The van der Waals surface area contributed by atoms with Crippen LogP contribution in [0.1, 0.15) is 28.1 Å². The maximum absolute atomic E-state index is 12.2. The van der Waals surface area contributed by atoms with E-state index in [1.807, 2.05) is 32.0 Å². The van der Waals surface area contributed by atoms with Crippen molar-refractivity contribution < 1.29 is 17.6 Å². The van der Waals surface area contributed by atoms with Crippen LogP contribution in [0.3, 0.4) is 0 Å². The smallest absolute Gasteiger partial charge is 0.322 e. The lowest BCUT2D eigenvalue weighted by Gasteiger charge is -2.04. The molecule has 28 heavy (non-hydrogen) atoms. The van der Waals surface area contributed by atoms with Crippen LogP contribution < -0.4 is 5.32 Å². The molecule has 0 saturated heterocycles. The van der Waals surface area contributed by atoms with Crippen molar-refractivity contribution in [2.45, 2.75) is 31.6 Å². The first kappa shape index (κ1) is 19.8. The fraction of sp³-hybridized carbons (Fsp3) is 0.250. The third-order valence-corrected chi connectivity index (χ3v) is 5.48. The fourth-order valence-electron chi connectivity index (χ4n) is 2.67. The van der Waals surface area contributed by atoms with Crippen molar-refractivity contribution in [3.8, 4) is 0 Å². The van der Waals surface area contributed by atoms with Gasteiger partial charge < -0.3 is 4.42 Å². The maximum Gasteiger partial charge on any atom is 0.322 e. The summed E-state index contributed by atoms with van der Waals surface area (Å²) in [7, 11) is -3.23. The number of nitrogens with one attached hydrogen (secondary N) is 1. The summed E-state index contributed by atoms with van der Waals surface area (Å²) in [5.74, 6) is 0.0875. The van der Waals surface area contributed by atoms with E-state index in [4.69, 9.17) is 4.42 Å². The van der Waals surface area contributed by atoms with Gasteiger partial charge in [0.1, 0.15) is 0 Å². The number of anilines is 1. The molecule has 3 rings (SSSR count). The molecule has 0 fully saturated rings. The lowest BCUT2D eigenvalue weighted by atomic mass is 10.0. The first-order valence-corrected chi connectivity index (χ1v) is 10.6. The Morgan fingerprint density at radius 2 is 1.68 bits per heavy atom. The lowest BCUT2D eigenvalue weighted by Crippen LogP contribution is -2.14. The molecule has 2 aromatic carbocycles. The number of carbonyl (C=O) groups is 1. The Morgan fingerprint density at radius 3 is 2.32 bits per heavy atom. The Kier molecular flexibility index (Phi) is 5.60. The number of hydrogen-bond acceptors (Lipinski definition) is 6. The molecule has 8 heteroatoms. The van der Waals surface area contributed by atoms with Gasteiger partial charge in [0, 0.05) is 6.26 Å². The van der Waals surface area contributed by atoms with Gasteiger partial charge >= 0.3 is 6.01 Å². The summed E-state index contributed by atoms with van der Waals surface area (Å²) in [5, 5.41) is 10.4. The Morgan fingerprint density at radius 1 is 1.00 bits per heavy atom. The van der Waals surface area contributed by atoms with Crippen molar-refractivity contribution >= 4 is 21.8 Å². The normalized spacial score (nSPS) is 11.4. The van der Waals surface area contributed by atoms with Crippen LogP contribution in [0.5, 0.6) is 0 Å². The summed E-state index contributed by atoms with van der Waals surface area (Å²) in [6.07, 6.45) is 1.71. The molecule has 1 aromatic heterocycles. The van der Waals surface area contributed by atoms with Crippen LogP contribution >= 0.6 is 0 Å². The van der Waals surface area contributed by atoms with Gasteiger partial charge in [-0.15, -0.1) is 5.10 Å². The van der Waals surface area contributed by atoms with E-state index < -0.39 is 9.84 Å². The van der Waals surface area contributed by atoms with Crippen molar-refractivity contribution in [1.82, 2.24) is 10.2 Å². The number of nitrogens with zero attached hydrogens (tertiary/aromatic N) is 2. The monoisotopic (exact) mass is 399 g/mol. The predicted molar refractivity (Wildman–Crippen MR) is 105 cm³/mol. The van der Waals surface area contributed by atoms with Gasteiger partial charge in [-0.1, -0.05) is 35.4 Å². The molecule has 1 N–H and O–H groups in total. The van der Waals surface area contributed by atoms with Crippen molar-refractivity contribution in [2.75, 3.05) is 11.6 Å². The Hall–Kier alpha value is -3.00. The highest BCUT2D eigenvalue weighted by molar-refractivity contribution is 7.90. The third kappa shape index (κ3) is 5.04. The molecule has 3 aromatic rings. The molecule has 0 unspecified atom stereocenters. The van der Waals surface area contributed by atoms with E-state index in [1.165, 1.54) is 17.7 Å². The van der Waals surface area contributed by atoms with Crippen LogP contribution in [-0.4, -0.2) is 30.8 Å². The number of sulfone groups is 1. The summed E-state index contributed by atoms with van der Waals surface area (Å²) in [5.41, 5.74) is 4.04. The van der Waals surface area contributed by atoms with Gasteiger partial charge in [0.15, 0.2) is 9.84 Å². The van der Waals surface area contributed by atoms with E-state index >= 15 is 0 Å². The summed E-state index contributed by atoms with van der Waals surface area (Å²) in [6.45, 7) is 4.03. The van der Waals surface area contributed by atoms with Crippen LogP contribution in [-0.2, 0) is 27.5 Å². The van der Waals surface area contributed by atoms with Crippen molar-refractivity contribution in [3.63, 3.8) is 0 Å². The van der Waals surface area contributed by atoms with Crippen LogP contribution in [0.25, 0.3) is 0 Å². The average Bonchev–Trinajstić information content (AvgIpc) is 3.04. The van der Waals surface area contributed by atoms with Gasteiger partial charge in [-0.05, 0) is 48.2 Å². The maximum atomic E-state index is 12.2. The topological polar surface area (TPSA) is 102 Å². The van der Waals surface area contributed by atoms with E-state index in [9.17, 15) is 13.2 Å². The summed E-state index contributed by atoms with van der Waals surface area (Å²) < 4.78 is 28.5. The Labute approximate surface area is 163 Å². The van der Waals surface area contributed by atoms with Gasteiger partial charge in [0.2, 0.25) is 11.8 Å². The van der Waals surface area contributed by atoms with Crippen LogP contribution in [0.4, 0.5) is 6.01 Å². The van der Waals surface area contributed by atoms with Crippen LogP contribution in [0.2, 0.25) is 0 Å². The lowest BCUT2D eigenvalue weighted by molar-refractivity contribution is -0.115. The molecular formula is C20H21N3O4S. The second kappa shape index (κ2) is 7.93. The number of carbonyl (C=O) groups excluding carboxylic acids is 1. The first-order valence-electron chi connectivity index (χ1n) is 8.68. The van der Waals surface area contributed by atoms with Gasteiger partial charge in [-0.2, -0.15) is 0 Å². The van der Waals surface area contributed by atoms with Gasteiger partial charge in [-0.25, -0.2) is 8.42 Å². The fourth-order valence-corrected chi connectivity index (χ4v) is 3.30. The molecule has 0 spiro atoms. The van der Waals surface area contributed by atoms with E-state index in [1.54, 1.807) is 12.1 Å². The van der Waals surface area contributed by atoms with Gasteiger partial charge in [-0.3, -0.25) is 10.1 Å². The minimum Gasteiger partial charge on any atom is -0.407 e. The second-order valence-electron chi connectivity index (χ2n) is 6.74. The molecule has 1 heterocycles. The number of aryl methyl sites for hydroxylation is 2. The molecule has 0 atom stereocenters. The molecule has 0 saturated carbocycles. The molecule has 0 aliphatic heterocycles. The molecule has 7 nitrogen and oxygen atoms in total. The zero-order chi connectivity index (χ0) is 20.3. The SMILES string of the molecule is Cc1ccc(CC(=O)Nc2nnc(Cc3ccc(S(C)(=O)=O)cc3)o2)cc1C. The minimum absolute atomic E-state index is 0.0385. The van der Waals surface area contributed by atoms with Gasteiger partial charge in [0.05, 0.1) is 17.7 Å². The highest BCUT2D eigenvalue weighted by Gasteiger charge is 2.12. The molecule has 146 valence electrons. The summed E-state index contributed by atoms with van der Waals surface area (Å²) in [6, 6.07) is 12.4.